The van der Waals surface area contributed by atoms with Crippen LogP contribution in [-0.2, 0) is 10.5 Å². The number of fused-ring (bicyclic) bond motifs is 1. The van der Waals surface area contributed by atoms with E-state index < -0.39 is 6.04 Å². The predicted octanol–water partition coefficient (Wildman–Crippen LogP) is 6.17. The molecule has 8 nitrogen and oxygen atoms in total. The average molecular weight is 548 g/mol. The standard InChI is InChI=1S/C28H26ClN5O3S/c1-17-24(26(35)31-22-9-4-5-10-23(22)37-3)25(19-11-13-20(29)14-12-19)34-27(30-17)32-28(33-34)38-16-18-7-6-8-21(15-18)36-2/h4-15,25H,16H2,1-3H3,(H,31,35)(H,30,32,33). The minimum Gasteiger partial charge on any atom is -0.497 e. The summed E-state index contributed by atoms with van der Waals surface area (Å²) in [6.45, 7) is 1.86. The second-order valence-corrected chi connectivity index (χ2v) is 9.95. The van der Waals surface area contributed by atoms with E-state index in [1.54, 1.807) is 43.2 Å². The van der Waals surface area contributed by atoms with Gasteiger partial charge >= 0.3 is 0 Å². The van der Waals surface area contributed by atoms with Crippen LogP contribution in [0.4, 0.5) is 11.6 Å². The molecule has 2 N–H and O–H groups in total. The molecule has 0 saturated heterocycles. The van der Waals surface area contributed by atoms with Crippen molar-refractivity contribution in [2.24, 2.45) is 0 Å². The number of benzene rings is 3. The number of nitrogens with zero attached hydrogens (tertiary/aromatic N) is 3. The Labute approximate surface area is 230 Å². The Morgan fingerprint density at radius 1 is 1.08 bits per heavy atom. The highest BCUT2D eigenvalue weighted by molar-refractivity contribution is 7.98. The van der Waals surface area contributed by atoms with Crippen molar-refractivity contribution in [3.05, 3.63) is 100 Å². The van der Waals surface area contributed by atoms with Gasteiger partial charge in [0.2, 0.25) is 11.1 Å². The maximum atomic E-state index is 13.7. The second kappa shape index (κ2) is 11.2. The lowest BCUT2D eigenvalue weighted by Gasteiger charge is -2.28. The van der Waals surface area contributed by atoms with E-state index in [1.165, 1.54) is 11.8 Å². The first-order valence-electron chi connectivity index (χ1n) is 11.9. The fraction of sp³-hybridized carbons (Fsp3) is 0.179. The van der Waals surface area contributed by atoms with E-state index in [0.29, 0.717) is 44.6 Å². The molecule has 3 aromatic carbocycles. The maximum absolute atomic E-state index is 13.7. The van der Waals surface area contributed by atoms with Gasteiger partial charge in [-0.1, -0.05) is 59.8 Å². The van der Waals surface area contributed by atoms with Gasteiger partial charge in [-0.05, 0) is 54.4 Å². The molecule has 2 heterocycles. The third-order valence-corrected chi connectivity index (χ3v) is 7.28. The van der Waals surface area contributed by atoms with Crippen molar-refractivity contribution >= 4 is 40.9 Å². The molecular weight excluding hydrogens is 522 g/mol. The number of hydrogen-bond donors (Lipinski definition) is 2. The van der Waals surface area contributed by atoms with Crippen LogP contribution in [-0.4, -0.2) is 34.9 Å². The van der Waals surface area contributed by atoms with E-state index in [-0.39, 0.29) is 5.91 Å². The minimum atomic E-state index is -0.517. The number of ether oxygens (including phenoxy) is 2. The number of carbonyl (C=O) groups excluding carboxylic acids is 1. The monoisotopic (exact) mass is 547 g/mol. The van der Waals surface area contributed by atoms with E-state index in [0.717, 1.165) is 16.9 Å². The third kappa shape index (κ3) is 5.34. The average Bonchev–Trinajstić information content (AvgIpc) is 3.34. The van der Waals surface area contributed by atoms with Gasteiger partial charge in [-0.2, -0.15) is 4.98 Å². The van der Waals surface area contributed by atoms with E-state index in [9.17, 15) is 4.79 Å². The molecule has 0 radical (unpaired) electrons. The first-order valence-corrected chi connectivity index (χ1v) is 13.2. The number of allylic oxidation sites excluding steroid dienone is 1. The molecule has 4 aromatic rings. The Bertz CT molecular complexity index is 1500. The van der Waals surface area contributed by atoms with Crippen molar-refractivity contribution in [3.8, 4) is 11.5 Å². The number of anilines is 2. The number of halogens is 1. The molecule has 1 aliphatic heterocycles. The zero-order chi connectivity index (χ0) is 26.6. The summed E-state index contributed by atoms with van der Waals surface area (Å²) in [5.41, 5.74) is 3.72. The van der Waals surface area contributed by atoms with Crippen LogP contribution in [0.15, 0.2) is 89.2 Å². The summed E-state index contributed by atoms with van der Waals surface area (Å²) in [6.07, 6.45) is 0. The molecule has 10 heteroatoms. The summed E-state index contributed by atoms with van der Waals surface area (Å²) in [6, 6.07) is 22.1. The second-order valence-electron chi connectivity index (χ2n) is 8.57. The normalized spacial score (nSPS) is 14.5. The first-order chi connectivity index (χ1) is 18.5. The Kier molecular flexibility index (Phi) is 7.57. The molecular formula is C28H26ClN5O3S. The van der Waals surface area contributed by atoms with Crippen LogP contribution in [0.2, 0.25) is 5.02 Å². The highest BCUT2D eigenvalue weighted by Gasteiger charge is 2.34. The highest BCUT2D eigenvalue weighted by atomic mass is 35.5. The van der Waals surface area contributed by atoms with Crippen molar-refractivity contribution in [2.75, 3.05) is 24.9 Å². The first kappa shape index (κ1) is 25.7. The number of carbonyl (C=O) groups is 1. The van der Waals surface area contributed by atoms with Gasteiger partial charge in [0.25, 0.3) is 5.91 Å². The SMILES string of the molecule is COc1cccc(CSc2nc3n(n2)C(c2ccc(Cl)cc2)C(C(=O)Nc2ccccc2OC)=C(C)N3)c1. The van der Waals surface area contributed by atoms with Gasteiger partial charge in [0.1, 0.15) is 17.5 Å². The number of methoxy groups -OCH3 is 2. The fourth-order valence-electron chi connectivity index (χ4n) is 4.29. The smallest absolute Gasteiger partial charge is 0.255 e. The van der Waals surface area contributed by atoms with Crippen LogP contribution in [0.1, 0.15) is 24.1 Å². The number of hydrogen-bond acceptors (Lipinski definition) is 7. The number of para-hydroxylation sites is 2. The summed E-state index contributed by atoms with van der Waals surface area (Å²) in [7, 11) is 3.22. The quantitative estimate of drug-likeness (QED) is 0.255. The van der Waals surface area contributed by atoms with Crippen molar-refractivity contribution in [2.45, 2.75) is 23.9 Å². The van der Waals surface area contributed by atoms with E-state index >= 15 is 0 Å². The van der Waals surface area contributed by atoms with Crippen molar-refractivity contribution < 1.29 is 14.3 Å². The molecule has 0 fully saturated rings. The van der Waals surface area contributed by atoms with Gasteiger partial charge in [-0.25, -0.2) is 4.68 Å². The number of thioether (sulfide) groups is 1. The molecule has 1 atom stereocenters. The lowest BCUT2D eigenvalue weighted by Crippen LogP contribution is -2.31. The van der Waals surface area contributed by atoms with E-state index in [1.807, 2.05) is 55.5 Å². The molecule has 0 bridgehead atoms. The Balaban J connectivity index is 1.48. The van der Waals surface area contributed by atoms with Crippen LogP contribution in [0, 0.1) is 0 Å². The molecule has 0 aliphatic carbocycles. The van der Waals surface area contributed by atoms with Crippen molar-refractivity contribution in [3.63, 3.8) is 0 Å². The van der Waals surface area contributed by atoms with Crippen molar-refractivity contribution in [1.82, 2.24) is 14.8 Å². The molecule has 194 valence electrons. The largest absolute Gasteiger partial charge is 0.497 e. The zero-order valence-electron chi connectivity index (χ0n) is 21.1. The number of aromatic nitrogens is 3. The number of rotatable bonds is 8. The molecule has 1 aromatic heterocycles. The molecule has 5 rings (SSSR count). The fourth-order valence-corrected chi connectivity index (χ4v) is 5.19. The van der Waals surface area contributed by atoms with E-state index in [4.69, 9.17) is 31.2 Å². The van der Waals surface area contributed by atoms with Gasteiger partial charge in [0.05, 0.1) is 25.5 Å². The van der Waals surface area contributed by atoms with Crippen LogP contribution >= 0.6 is 23.4 Å². The summed E-state index contributed by atoms with van der Waals surface area (Å²) < 4.78 is 12.5. The Morgan fingerprint density at radius 2 is 1.87 bits per heavy atom. The van der Waals surface area contributed by atoms with Gasteiger partial charge in [0, 0.05) is 16.5 Å². The zero-order valence-corrected chi connectivity index (χ0v) is 22.6. The van der Waals surface area contributed by atoms with Gasteiger partial charge in [0.15, 0.2) is 0 Å². The highest BCUT2D eigenvalue weighted by Crippen LogP contribution is 2.38. The summed E-state index contributed by atoms with van der Waals surface area (Å²) in [5, 5.41) is 12.3. The van der Waals surface area contributed by atoms with Crippen LogP contribution in [0.5, 0.6) is 11.5 Å². The van der Waals surface area contributed by atoms with Crippen LogP contribution < -0.4 is 20.1 Å². The molecule has 1 unspecified atom stereocenters. The number of amides is 1. The molecule has 38 heavy (non-hydrogen) atoms. The van der Waals surface area contributed by atoms with Gasteiger partial charge < -0.3 is 20.1 Å². The van der Waals surface area contributed by atoms with Crippen LogP contribution in [0.3, 0.4) is 0 Å². The lowest BCUT2D eigenvalue weighted by molar-refractivity contribution is -0.113. The molecule has 0 saturated carbocycles. The maximum Gasteiger partial charge on any atom is 0.255 e. The molecule has 0 spiro atoms. The lowest BCUT2D eigenvalue weighted by atomic mass is 9.95. The van der Waals surface area contributed by atoms with Crippen molar-refractivity contribution in [1.29, 1.82) is 0 Å². The molecule has 1 amide bonds. The molecule has 1 aliphatic rings. The van der Waals surface area contributed by atoms with Crippen LogP contribution in [0.25, 0.3) is 0 Å². The minimum absolute atomic E-state index is 0.272. The topological polar surface area (TPSA) is 90.3 Å². The number of nitrogens with one attached hydrogen (secondary N) is 2. The Morgan fingerprint density at radius 3 is 2.63 bits per heavy atom. The van der Waals surface area contributed by atoms with Gasteiger partial charge in [-0.15, -0.1) is 5.10 Å². The van der Waals surface area contributed by atoms with E-state index in [2.05, 4.69) is 10.6 Å². The van der Waals surface area contributed by atoms with Gasteiger partial charge in [-0.3, -0.25) is 4.79 Å². The Hall–Kier alpha value is -3.95. The third-order valence-electron chi connectivity index (χ3n) is 6.12. The summed E-state index contributed by atoms with van der Waals surface area (Å²) >= 11 is 7.69. The summed E-state index contributed by atoms with van der Waals surface area (Å²) in [5.74, 6) is 2.33. The predicted molar refractivity (Wildman–Crippen MR) is 150 cm³/mol. The summed E-state index contributed by atoms with van der Waals surface area (Å²) in [4.78, 5) is 18.4.